The van der Waals surface area contributed by atoms with Gasteiger partial charge < -0.3 is 9.52 Å². The molecule has 74 valence electrons. The second kappa shape index (κ2) is 4.05. The summed E-state index contributed by atoms with van der Waals surface area (Å²) in [5, 5.41) is 12.3. The summed E-state index contributed by atoms with van der Waals surface area (Å²) in [6.07, 6.45) is 0.0791. The largest absolute Gasteiger partial charge is 1.00 e. The van der Waals surface area contributed by atoms with Crippen LogP contribution in [0.5, 0.6) is 0 Å². The molecule has 0 aliphatic carbocycles. The van der Waals surface area contributed by atoms with Gasteiger partial charge in [0.15, 0.2) is 0 Å². The maximum absolute atomic E-state index is 11.5. The van der Waals surface area contributed by atoms with Crippen molar-refractivity contribution in [1.29, 1.82) is 0 Å². The van der Waals surface area contributed by atoms with Crippen molar-refractivity contribution < 1.29 is 43.9 Å². The zero-order valence-corrected chi connectivity index (χ0v) is 10.7. The number of aliphatic imine (C=N–C) groups is 1. The number of carbonyl (C=O) groups is 1. The minimum Gasteiger partial charge on any atom is -0.858 e. The van der Waals surface area contributed by atoms with E-state index in [1.165, 1.54) is 0 Å². The fourth-order valence-corrected chi connectivity index (χ4v) is 1.80. The smallest absolute Gasteiger partial charge is 0.858 e. The molecule has 0 atom stereocenters. The van der Waals surface area contributed by atoms with E-state index in [2.05, 4.69) is 4.99 Å². The van der Waals surface area contributed by atoms with Gasteiger partial charge in [0.05, 0.1) is 6.42 Å². The Kier molecular flexibility index (Phi) is 2.88. The van der Waals surface area contributed by atoms with Crippen molar-refractivity contribution in [3.05, 3.63) is 35.6 Å². The third-order valence-corrected chi connectivity index (χ3v) is 2.42. The van der Waals surface area contributed by atoms with Crippen molar-refractivity contribution in [2.75, 3.05) is 0 Å². The number of amides is 1. The molecule has 1 amide bonds. The summed E-state index contributed by atoms with van der Waals surface area (Å²) in [6, 6.07) is 7.20. The van der Waals surface area contributed by atoms with E-state index in [9.17, 15) is 9.90 Å². The molecule has 0 N–H and O–H groups in total. The minimum absolute atomic E-state index is 0. The fraction of sp³-hybridized carbons (Fsp3) is 0.0909. The van der Waals surface area contributed by atoms with Crippen molar-refractivity contribution in [1.82, 2.24) is 0 Å². The molecule has 4 nitrogen and oxygen atoms in total. The van der Waals surface area contributed by atoms with E-state index in [-0.39, 0.29) is 36.0 Å². The molecule has 0 unspecified atom stereocenters. The molecule has 0 saturated heterocycles. The third kappa shape index (κ3) is 1.59. The third-order valence-electron chi connectivity index (χ3n) is 2.42. The number of furan rings is 1. The summed E-state index contributed by atoms with van der Waals surface area (Å²) in [5.41, 5.74) is 1.06. The first kappa shape index (κ1) is 11.4. The van der Waals surface area contributed by atoms with Crippen LogP contribution in [0.25, 0.3) is 11.0 Å². The molecule has 1 aromatic heterocycles. The molecule has 3 rings (SSSR count). The number of benzene rings is 1. The molecule has 2 aromatic rings. The summed E-state index contributed by atoms with van der Waals surface area (Å²) < 4.78 is 5.43. The van der Waals surface area contributed by atoms with Crippen molar-refractivity contribution >= 4 is 22.8 Å². The van der Waals surface area contributed by atoms with Gasteiger partial charge in [-0.1, -0.05) is 18.2 Å². The molecular formula is C11H6NNaO3. The molecule has 5 heteroatoms. The van der Waals surface area contributed by atoms with Gasteiger partial charge >= 0.3 is 29.6 Å². The van der Waals surface area contributed by atoms with E-state index >= 15 is 0 Å². The first-order chi connectivity index (χ1) is 7.25. The molecule has 0 spiro atoms. The van der Waals surface area contributed by atoms with E-state index in [0.717, 1.165) is 5.39 Å². The van der Waals surface area contributed by atoms with Gasteiger partial charge in [0.25, 0.3) is 5.91 Å². The van der Waals surface area contributed by atoms with Gasteiger partial charge in [0, 0.05) is 16.8 Å². The molecule has 0 radical (unpaired) electrons. The SMILES string of the molecule is O=C1Cc2oc3ccccc3c2C([O-])=N1.[Na+]. The van der Waals surface area contributed by atoms with Crippen LogP contribution < -0.4 is 34.7 Å². The molecule has 16 heavy (non-hydrogen) atoms. The number of nitrogens with zero attached hydrogens (tertiary/aromatic N) is 1. The van der Waals surface area contributed by atoms with E-state index < -0.39 is 11.8 Å². The maximum atomic E-state index is 11.5. The molecule has 1 aliphatic heterocycles. The van der Waals surface area contributed by atoms with Gasteiger partial charge in [-0.25, -0.2) is 4.99 Å². The van der Waals surface area contributed by atoms with E-state index in [1.807, 2.05) is 12.1 Å². The minimum atomic E-state index is -0.494. The molecule has 2 heterocycles. The van der Waals surface area contributed by atoms with Gasteiger partial charge in [-0.05, 0) is 6.07 Å². The molecule has 0 saturated carbocycles. The number of fused-ring (bicyclic) bond motifs is 3. The van der Waals surface area contributed by atoms with Crippen LogP contribution in [-0.4, -0.2) is 11.8 Å². The second-order valence-corrected chi connectivity index (χ2v) is 3.38. The summed E-state index contributed by atoms with van der Waals surface area (Å²) in [5.74, 6) is -0.501. The Morgan fingerprint density at radius 1 is 1.31 bits per heavy atom. The van der Waals surface area contributed by atoms with E-state index in [4.69, 9.17) is 4.42 Å². The molecule has 1 aromatic carbocycles. The van der Waals surface area contributed by atoms with E-state index in [1.54, 1.807) is 12.1 Å². The zero-order valence-electron chi connectivity index (χ0n) is 8.69. The summed E-state index contributed by atoms with van der Waals surface area (Å²) >= 11 is 0. The molecule has 1 aliphatic rings. The maximum Gasteiger partial charge on any atom is 1.00 e. The van der Waals surface area contributed by atoms with Crippen LogP contribution in [0.3, 0.4) is 0 Å². The van der Waals surface area contributed by atoms with E-state index in [0.29, 0.717) is 16.9 Å². The fourth-order valence-electron chi connectivity index (χ4n) is 1.80. The topological polar surface area (TPSA) is 65.6 Å². The van der Waals surface area contributed by atoms with Crippen molar-refractivity contribution in [3.8, 4) is 0 Å². The number of carbonyl (C=O) groups excluding carboxylic acids is 1. The summed E-state index contributed by atoms with van der Waals surface area (Å²) in [4.78, 5) is 14.5. The normalized spacial score (nSPS) is 14.2. The van der Waals surface area contributed by atoms with Crippen LogP contribution >= 0.6 is 0 Å². The van der Waals surface area contributed by atoms with Gasteiger partial charge in [-0.15, -0.1) is 0 Å². The average Bonchev–Trinajstić information content (AvgIpc) is 2.54. The number of para-hydroxylation sites is 1. The standard InChI is InChI=1S/C11H7NO3.Na/c13-9-5-8-10(11(14)12-9)6-3-1-2-4-7(6)15-8;/h1-4H,5H2,(H,12,13,14);/q;+1/p-1. The van der Waals surface area contributed by atoms with Crippen molar-refractivity contribution in [3.63, 3.8) is 0 Å². The van der Waals surface area contributed by atoms with Crippen molar-refractivity contribution in [2.24, 2.45) is 4.99 Å². The number of hydrogen-bond donors (Lipinski definition) is 0. The Hall–Kier alpha value is -1.10. The number of rotatable bonds is 0. The van der Waals surface area contributed by atoms with Gasteiger partial charge in [-0.3, -0.25) is 4.79 Å². The second-order valence-electron chi connectivity index (χ2n) is 3.38. The van der Waals surface area contributed by atoms with Crippen LogP contribution in [0.1, 0.15) is 11.3 Å². The Balaban J connectivity index is 0.000000963. The van der Waals surface area contributed by atoms with Crippen LogP contribution in [0.4, 0.5) is 0 Å². The number of hydrogen-bond acceptors (Lipinski definition) is 3. The van der Waals surface area contributed by atoms with Gasteiger partial charge in [0.2, 0.25) is 0 Å². The van der Waals surface area contributed by atoms with Crippen LogP contribution in [-0.2, 0) is 11.2 Å². The first-order valence-corrected chi connectivity index (χ1v) is 4.55. The van der Waals surface area contributed by atoms with Crippen LogP contribution in [0, 0.1) is 0 Å². The first-order valence-electron chi connectivity index (χ1n) is 4.55. The van der Waals surface area contributed by atoms with Gasteiger partial charge in [-0.2, -0.15) is 0 Å². The quantitative estimate of drug-likeness (QED) is 0.469. The molecular weight excluding hydrogens is 217 g/mol. The van der Waals surface area contributed by atoms with Crippen LogP contribution in [0.15, 0.2) is 33.7 Å². The molecule has 0 fully saturated rings. The summed E-state index contributed by atoms with van der Waals surface area (Å²) in [6.45, 7) is 0. The average molecular weight is 223 g/mol. The Morgan fingerprint density at radius 2 is 2.06 bits per heavy atom. The monoisotopic (exact) mass is 223 g/mol. The zero-order chi connectivity index (χ0) is 10.4. The summed E-state index contributed by atoms with van der Waals surface area (Å²) in [7, 11) is 0. The van der Waals surface area contributed by atoms with Gasteiger partial charge in [0.1, 0.15) is 11.3 Å². The van der Waals surface area contributed by atoms with Crippen LogP contribution in [0.2, 0.25) is 0 Å². The Labute approximate surface area is 113 Å². The predicted molar refractivity (Wildman–Crippen MR) is 51.5 cm³/mol. The predicted octanol–water partition coefficient (Wildman–Crippen LogP) is -2.37. The Bertz CT molecular complexity index is 600. The molecule has 0 bridgehead atoms. The Morgan fingerprint density at radius 3 is 2.88 bits per heavy atom. The van der Waals surface area contributed by atoms with Crippen molar-refractivity contribution in [2.45, 2.75) is 6.42 Å².